The molecular weight excluding hydrogens is 853 g/mol. The SMILES string of the molecule is COc1ccc([Si](C)(C)[C@H]2[C@H](CC(=O)N(CCO)Cc3ccccc3)O[C@@]3(C(=O)N(Cc4ccc(N5C(=O)c6ccccc6Oc6ccccc65)cc4)c4ccc([N+](=O)[O-])cc43)[C@@H]2C)cc1. The molecule has 14 heteroatoms. The molecule has 0 saturated carbocycles. The number of carbonyl (C=O) groups is 3. The van der Waals surface area contributed by atoms with Crippen molar-refractivity contribution in [2.75, 3.05) is 30.1 Å². The molecule has 6 aromatic carbocycles. The number of aliphatic hydroxyl groups excluding tert-OH is 1. The van der Waals surface area contributed by atoms with Crippen molar-refractivity contribution >= 4 is 53.7 Å². The summed E-state index contributed by atoms with van der Waals surface area (Å²) in [5.74, 6) is 0.255. The molecule has 0 bridgehead atoms. The van der Waals surface area contributed by atoms with Crippen LogP contribution < -0.4 is 24.5 Å². The van der Waals surface area contributed by atoms with Gasteiger partial charge in [-0.25, -0.2) is 0 Å². The normalized spacial score (nSPS) is 19.7. The van der Waals surface area contributed by atoms with Crippen molar-refractivity contribution in [2.45, 2.75) is 56.8 Å². The van der Waals surface area contributed by atoms with E-state index in [9.17, 15) is 24.8 Å². The highest BCUT2D eigenvalue weighted by molar-refractivity contribution is 6.91. The number of non-ortho nitro benzene ring substituents is 1. The van der Waals surface area contributed by atoms with E-state index in [2.05, 4.69) is 13.1 Å². The number of ether oxygens (including phenoxy) is 3. The van der Waals surface area contributed by atoms with Crippen molar-refractivity contribution in [3.63, 3.8) is 0 Å². The third-order valence-electron chi connectivity index (χ3n) is 13.5. The zero-order chi connectivity index (χ0) is 46.3. The van der Waals surface area contributed by atoms with Gasteiger partial charge >= 0.3 is 0 Å². The summed E-state index contributed by atoms with van der Waals surface area (Å²) in [4.78, 5) is 61.0. The molecule has 336 valence electrons. The standard InChI is InChI=1S/C52H50N4O9Si/c1-34-49(66(3,4)40-25-23-39(63-2)24-26-40)47(31-48(58)53(28-29-57)32-35-12-6-5-7-13-35)65-52(34)42-30-38(56(61)62)22-27-43(42)54(51(52)60)33-36-18-20-37(21-19-36)55-44-15-9-11-17-46(44)64-45-16-10-8-14-41(45)50(55)59/h5-27,30,34,47,49,57H,28-29,31-33H2,1-4H3/t34-,47+,49-,52+/m1/s1. The van der Waals surface area contributed by atoms with Gasteiger partial charge < -0.3 is 29.1 Å². The molecule has 0 unspecified atom stereocenters. The summed E-state index contributed by atoms with van der Waals surface area (Å²) in [6.45, 7) is 6.61. The van der Waals surface area contributed by atoms with Gasteiger partial charge in [-0.3, -0.25) is 29.4 Å². The average Bonchev–Trinajstić information content (AvgIpc) is 3.70. The summed E-state index contributed by atoms with van der Waals surface area (Å²) in [6, 6.07) is 43.7. The molecule has 3 aliphatic rings. The zero-order valence-electron chi connectivity index (χ0n) is 37.1. The molecule has 0 radical (unpaired) electrons. The fourth-order valence-electron chi connectivity index (χ4n) is 10.3. The smallest absolute Gasteiger partial charge is 0.269 e. The van der Waals surface area contributed by atoms with E-state index in [1.165, 1.54) is 12.1 Å². The fourth-order valence-corrected chi connectivity index (χ4v) is 14.3. The van der Waals surface area contributed by atoms with Crippen LogP contribution in [0.15, 0.2) is 146 Å². The Balaban J connectivity index is 1.09. The molecule has 0 aliphatic carbocycles. The number of anilines is 3. The van der Waals surface area contributed by atoms with Gasteiger partial charge in [-0.05, 0) is 71.3 Å². The van der Waals surface area contributed by atoms with Gasteiger partial charge in [-0.2, -0.15) is 0 Å². The first kappa shape index (κ1) is 44.1. The Hall–Kier alpha value is -7.13. The first-order chi connectivity index (χ1) is 31.8. The third kappa shape index (κ3) is 7.70. The van der Waals surface area contributed by atoms with Crippen LogP contribution in [0.4, 0.5) is 22.7 Å². The molecule has 1 N–H and O–H groups in total. The highest BCUT2D eigenvalue weighted by atomic mass is 28.3. The van der Waals surface area contributed by atoms with E-state index in [-0.39, 0.29) is 61.6 Å². The van der Waals surface area contributed by atoms with Crippen LogP contribution in [0.25, 0.3) is 0 Å². The van der Waals surface area contributed by atoms with Crippen molar-refractivity contribution < 1.29 is 38.6 Å². The summed E-state index contributed by atoms with van der Waals surface area (Å²) in [6.07, 6.45) is -0.852. The molecule has 1 saturated heterocycles. The number of hydrogen-bond donors (Lipinski definition) is 1. The number of para-hydroxylation sites is 3. The fraction of sp³-hybridized carbons (Fsp3) is 0.250. The zero-order valence-corrected chi connectivity index (χ0v) is 38.1. The van der Waals surface area contributed by atoms with Gasteiger partial charge in [0.1, 0.15) is 11.5 Å². The van der Waals surface area contributed by atoms with Crippen LogP contribution in [-0.2, 0) is 33.0 Å². The van der Waals surface area contributed by atoms with Crippen LogP contribution in [0.5, 0.6) is 17.2 Å². The Kier molecular flexibility index (Phi) is 11.8. The second kappa shape index (κ2) is 17.7. The quantitative estimate of drug-likeness (QED) is 0.0681. The molecule has 1 spiro atoms. The molecule has 6 aromatic rings. The number of amides is 3. The Labute approximate surface area is 383 Å². The number of benzene rings is 6. The maximum atomic E-state index is 15.6. The second-order valence-electron chi connectivity index (χ2n) is 17.6. The lowest BCUT2D eigenvalue weighted by atomic mass is 9.82. The van der Waals surface area contributed by atoms with Gasteiger partial charge in [0.15, 0.2) is 11.4 Å². The topological polar surface area (TPSA) is 152 Å². The number of methoxy groups -OCH3 is 1. The van der Waals surface area contributed by atoms with E-state index in [1.807, 2.05) is 116 Å². The monoisotopic (exact) mass is 902 g/mol. The molecule has 1 fully saturated rings. The van der Waals surface area contributed by atoms with Crippen molar-refractivity contribution in [1.29, 1.82) is 0 Å². The van der Waals surface area contributed by atoms with Crippen molar-refractivity contribution in [3.05, 3.63) is 178 Å². The highest BCUT2D eigenvalue weighted by Gasteiger charge is 2.67. The Morgan fingerprint density at radius 3 is 2.23 bits per heavy atom. The van der Waals surface area contributed by atoms with Gasteiger partial charge in [0, 0.05) is 42.4 Å². The first-order valence-electron chi connectivity index (χ1n) is 22.0. The van der Waals surface area contributed by atoms with Gasteiger partial charge in [0.2, 0.25) is 5.91 Å². The Morgan fingerprint density at radius 2 is 1.53 bits per heavy atom. The molecule has 3 heterocycles. The third-order valence-corrected chi connectivity index (χ3v) is 17.9. The van der Waals surface area contributed by atoms with E-state index in [0.29, 0.717) is 45.4 Å². The van der Waals surface area contributed by atoms with Crippen molar-refractivity contribution in [3.8, 4) is 17.2 Å². The van der Waals surface area contributed by atoms with Crippen LogP contribution in [0.1, 0.15) is 40.4 Å². The van der Waals surface area contributed by atoms with Crippen molar-refractivity contribution in [2.24, 2.45) is 5.92 Å². The number of nitrogens with zero attached hydrogens (tertiary/aromatic N) is 4. The Morgan fingerprint density at radius 1 is 0.848 bits per heavy atom. The summed E-state index contributed by atoms with van der Waals surface area (Å²) in [5.41, 5.74) is 1.89. The lowest BCUT2D eigenvalue weighted by Crippen LogP contribution is -2.52. The molecule has 4 atom stereocenters. The number of nitro benzene ring substituents is 1. The highest BCUT2D eigenvalue weighted by Crippen LogP contribution is 2.60. The van der Waals surface area contributed by atoms with Crippen LogP contribution >= 0.6 is 0 Å². The van der Waals surface area contributed by atoms with Gasteiger partial charge in [-0.1, -0.05) is 104 Å². The molecule has 66 heavy (non-hydrogen) atoms. The van der Waals surface area contributed by atoms with Crippen LogP contribution in [-0.4, -0.2) is 67.1 Å². The maximum Gasteiger partial charge on any atom is 0.269 e. The molecule has 13 nitrogen and oxygen atoms in total. The van der Waals surface area contributed by atoms with Gasteiger partial charge in [-0.15, -0.1) is 0 Å². The summed E-state index contributed by atoms with van der Waals surface area (Å²) < 4.78 is 18.9. The molecule has 3 aliphatic heterocycles. The van der Waals surface area contributed by atoms with Gasteiger partial charge in [0.25, 0.3) is 17.5 Å². The molecular formula is C52H50N4O9Si. The minimum atomic E-state index is -2.70. The van der Waals surface area contributed by atoms with E-state index in [0.717, 1.165) is 16.3 Å². The number of rotatable bonds is 13. The number of aliphatic hydroxyl groups is 1. The van der Waals surface area contributed by atoms with Crippen LogP contribution in [0.2, 0.25) is 18.6 Å². The number of hydrogen-bond acceptors (Lipinski definition) is 9. The maximum absolute atomic E-state index is 15.6. The molecule has 9 rings (SSSR count). The minimum Gasteiger partial charge on any atom is -0.497 e. The van der Waals surface area contributed by atoms with Gasteiger partial charge in [0.05, 0.1) is 62.7 Å². The number of fused-ring (bicyclic) bond motifs is 4. The lowest BCUT2D eigenvalue weighted by Gasteiger charge is -2.37. The lowest BCUT2D eigenvalue weighted by molar-refractivity contribution is -0.385. The first-order valence-corrected chi connectivity index (χ1v) is 25.1. The van der Waals surface area contributed by atoms with E-state index in [4.69, 9.17) is 14.2 Å². The van der Waals surface area contributed by atoms with Crippen LogP contribution in [0, 0.1) is 16.0 Å². The molecule has 3 amide bonds. The minimum absolute atomic E-state index is 0.0803. The van der Waals surface area contributed by atoms with Crippen molar-refractivity contribution in [1.82, 2.24) is 4.90 Å². The summed E-state index contributed by atoms with van der Waals surface area (Å²) in [5, 5.41) is 23.6. The van der Waals surface area contributed by atoms with Crippen LogP contribution in [0.3, 0.4) is 0 Å². The second-order valence-corrected chi connectivity index (χ2v) is 22.3. The Bertz CT molecular complexity index is 2820. The summed E-state index contributed by atoms with van der Waals surface area (Å²) >= 11 is 0. The largest absolute Gasteiger partial charge is 0.497 e. The van der Waals surface area contributed by atoms with E-state index < -0.39 is 30.6 Å². The summed E-state index contributed by atoms with van der Waals surface area (Å²) in [7, 11) is -1.10. The number of nitro groups is 1. The van der Waals surface area contributed by atoms with E-state index >= 15 is 4.79 Å². The average molecular weight is 903 g/mol. The predicted octanol–water partition coefficient (Wildman–Crippen LogP) is 8.86. The van der Waals surface area contributed by atoms with E-state index in [1.54, 1.807) is 46.1 Å². The predicted molar refractivity (Wildman–Crippen MR) is 253 cm³/mol. The molecule has 0 aromatic heterocycles. The number of carbonyl (C=O) groups excluding carboxylic acids is 3.